The normalized spacial score (nSPS) is 28.8. The Morgan fingerprint density at radius 2 is 2.31 bits per heavy atom. The van der Waals surface area contributed by atoms with E-state index in [0.29, 0.717) is 6.61 Å². The summed E-state index contributed by atoms with van der Waals surface area (Å²) in [5.41, 5.74) is -0.510. The number of hydrogen-bond acceptors (Lipinski definition) is 3. The number of unbranched alkanes of at least 4 members (excludes halogenated alkanes) is 1. The van der Waals surface area contributed by atoms with Crippen LogP contribution in [-0.2, 0) is 9.53 Å². The van der Waals surface area contributed by atoms with Gasteiger partial charge in [0, 0.05) is 5.92 Å². The molecule has 1 N–H and O–H groups in total. The maximum Gasteiger partial charge on any atom is 0.342 e. The van der Waals surface area contributed by atoms with Crippen LogP contribution in [0.25, 0.3) is 0 Å². The molecule has 2 unspecified atom stereocenters. The van der Waals surface area contributed by atoms with Crippen molar-refractivity contribution >= 4 is 5.97 Å². The quantitative estimate of drug-likeness (QED) is 0.588. The Bertz CT molecular complexity index is 317. The van der Waals surface area contributed by atoms with E-state index in [1.807, 2.05) is 26.8 Å². The van der Waals surface area contributed by atoms with E-state index >= 15 is 0 Å². The molecule has 0 amide bonds. The molecule has 90 valence electrons. The lowest BCUT2D eigenvalue weighted by molar-refractivity contribution is -0.164. The molecule has 0 spiro atoms. The molecular formula is C13H20O3. The van der Waals surface area contributed by atoms with Gasteiger partial charge in [-0.25, -0.2) is 4.79 Å². The third-order valence-electron chi connectivity index (χ3n) is 3.11. The van der Waals surface area contributed by atoms with Crippen molar-refractivity contribution in [2.24, 2.45) is 5.92 Å². The van der Waals surface area contributed by atoms with Crippen LogP contribution in [-0.4, -0.2) is 23.3 Å². The summed E-state index contributed by atoms with van der Waals surface area (Å²) in [7, 11) is 0. The topological polar surface area (TPSA) is 46.5 Å². The van der Waals surface area contributed by atoms with Crippen molar-refractivity contribution in [3.8, 4) is 0 Å². The molecule has 3 nitrogen and oxygen atoms in total. The van der Waals surface area contributed by atoms with Gasteiger partial charge < -0.3 is 9.84 Å². The molecule has 3 heteroatoms. The molecular weight excluding hydrogens is 204 g/mol. The molecule has 0 heterocycles. The van der Waals surface area contributed by atoms with Crippen LogP contribution in [0.1, 0.15) is 33.6 Å². The van der Waals surface area contributed by atoms with E-state index in [9.17, 15) is 9.90 Å². The second-order valence-electron chi connectivity index (χ2n) is 4.31. The van der Waals surface area contributed by atoms with Gasteiger partial charge in [0.05, 0.1) is 6.61 Å². The van der Waals surface area contributed by atoms with Crippen molar-refractivity contribution in [3.63, 3.8) is 0 Å². The molecule has 0 saturated carbocycles. The SMILES string of the molecule is CCCCOC(=O)C1(O)C=CC=C(C)C1C. The largest absolute Gasteiger partial charge is 0.463 e. The standard InChI is InChI=1S/C13H20O3/c1-4-5-9-16-12(14)13(15)8-6-7-10(2)11(13)3/h6-8,11,15H,4-5,9H2,1-3H3. The van der Waals surface area contributed by atoms with Gasteiger partial charge in [0.25, 0.3) is 0 Å². The zero-order valence-corrected chi connectivity index (χ0v) is 10.2. The lowest BCUT2D eigenvalue weighted by Gasteiger charge is -2.31. The number of aliphatic hydroxyl groups is 1. The highest BCUT2D eigenvalue weighted by atomic mass is 16.5. The number of allylic oxidation sites excluding steroid dienone is 2. The summed E-state index contributed by atoms with van der Waals surface area (Å²) in [5, 5.41) is 10.3. The third-order valence-corrected chi connectivity index (χ3v) is 3.11. The smallest absolute Gasteiger partial charge is 0.342 e. The number of rotatable bonds is 4. The molecule has 0 aliphatic heterocycles. The van der Waals surface area contributed by atoms with Crippen LogP contribution in [0.3, 0.4) is 0 Å². The maximum absolute atomic E-state index is 11.8. The fourth-order valence-corrected chi connectivity index (χ4v) is 1.65. The average molecular weight is 224 g/mol. The van der Waals surface area contributed by atoms with Crippen LogP contribution in [0, 0.1) is 5.92 Å². The van der Waals surface area contributed by atoms with E-state index in [4.69, 9.17) is 4.74 Å². The minimum absolute atomic E-state index is 0.230. The highest BCUT2D eigenvalue weighted by Gasteiger charge is 2.42. The first-order chi connectivity index (χ1) is 7.52. The van der Waals surface area contributed by atoms with Crippen LogP contribution in [0.2, 0.25) is 0 Å². The van der Waals surface area contributed by atoms with Gasteiger partial charge in [0.1, 0.15) is 0 Å². The fraction of sp³-hybridized carbons (Fsp3) is 0.615. The van der Waals surface area contributed by atoms with Crippen molar-refractivity contribution in [2.45, 2.75) is 39.2 Å². The van der Waals surface area contributed by atoms with Crippen molar-refractivity contribution in [3.05, 3.63) is 23.8 Å². The lowest BCUT2D eigenvalue weighted by Crippen LogP contribution is -2.45. The summed E-state index contributed by atoms with van der Waals surface area (Å²) in [6.45, 7) is 6.13. The summed E-state index contributed by atoms with van der Waals surface area (Å²) in [4.78, 5) is 11.8. The summed E-state index contributed by atoms with van der Waals surface area (Å²) >= 11 is 0. The van der Waals surface area contributed by atoms with Crippen molar-refractivity contribution < 1.29 is 14.6 Å². The Hall–Kier alpha value is -1.09. The third kappa shape index (κ3) is 2.53. The second kappa shape index (κ2) is 5.30. The molecule has 16 heavy (non-hydrogen) atoms. The van der Waals surface area contributed by atoms with E-state index in [-0.39, 0.29) is 5.92 Å². The van der Waals surface area contributed by atoms with Crippen LogP contribution >= 0.6 is 0 Å². The van der Waals surface area contributed by atoms with Crippen LogP contribution < -0.4 is 0 Å². The summed E-state index contributed by atoms with van der Waals surface area (Å²) in [5.74, 6) is -0.774. The molecule has 0 aromatic carbocycles. The van der Waals surface area contributed by atoms with Gasteiger partial charge >= 0.3 is 5.97 Å². The first kappa shape index (κ1) is 13.0. The molecule has 2 atom stereocenters. The Labute approximate surface area is 96.8 Å². The first-order valence-corrected chi connectivity index (χ1v) is 5.78. The molecule has 1 aliphatic rings. The van der Waals surface area contributed by atoms with E-state index < -0.39 is 11.6 Å². The minimum atomic E-state index is -1.49. The predicted molar refractivity (Wildman–Crippen MR) is 62.9 cm³/mol. The molecule has 1 aliphatic carbocycles. The van der Waals surface area contributed by atoms with E-state index in [0.717, 1.165) is 18.4 Å². The number of hydrogen-bond donors (Lipinski definition) is 1. The molecule has 0 aromatic heterocycles. The first-order valence-electron chi connectivity index (χ1n) is 5.78. The van der Waals surface area contributed by atoms with Gasteiger partial charge in [-0.15, -0.1) is 0 Å². The van der Waals surface area contributed by atoms with Crippen molar-refractivity contribution in [2.75, 3.05) is 6.61 Å². The number of carbonyl (C=O) groups is 1. The van der Waals surface area contributed by atoms with Crippen LogP contribution in [0.5, 0.6) is 0 Å². The van der Waals surface area contributed by atoms with Crippen molar-refractivity contribution in [1.29, 1.82) is 0 Å². The van der Waals surface area contributed by atoms with E-state index in [1.165, 1.54) is 6.08 Å². The fourth-order valence-electron chi connectivity index (χ4n) is 1.65. The second-order valence-corrected chi connectivity index (χ2v) is 4.31. The zero-order valence-electron chi connectivity index (χ0n) is 10.2. The zero-order chi connectivity index (χ0) is 12.2. The molecule has 0 aromatic rings. The molecule has 0 saturated heterocycles. The highest BCUT2D eigenvalue weighted by Crippen LogP contribution is 2.30. The van der Waals surface area contributed by atoms with E-state index in [2.05, 4.69) is 0 Å². The van der Waals surface area contributed by atoms with Crippen LogP contribution in [0.4, 0.5) is 0 Å². The van der Waals surface area contributed by atoms with Gasteiger partial charge in [-0.2, -0.15) is 0 Å². The lowest BCUT2D eigenvalue weighted by atomic mass is 9.80. The Morgan fingerprint density at radius 3 is 2.94 bits per heavy atom. The summed E-state index contributed by atoms with van der Waals surface area (Å²) in [6.07, 6.45) is 6.92. The minimum Gasteiger partial charge on any atom is -0.463 e. The van der Waals surface area contributed by atoms with Gasteiger partial charge in [-0.3, -0.25) is 0 Å². The van der Waals surface area contributed by atoms with Gasteiger partial charge in [0.2, 0.25) is 0 Å². The molecule has 1 rings (SSSR count). The molecule has 0 bridgehead atoms. The van der Waals surface area contributed by atoms with Gasteiger partial charge in [-0.05, 0) is 19.4 Å². The highest BCUT2D eigenvalue weighted by molar-refractivity contribution is 5.83. The van der Waals surface area contributed by atoms with Crippen LogP contribution in [0.15, 0.2) is 23.8 Å². The predicted octanol–water partition coefficient (Wildman–Crippen LogP) is 2.21. The Kier molecular flexibility index (Phi) is 4.30. The number of esters is 1. The molecule has 0 radical (unpaired) electrons. The Balaban J connectivity index is 2.67. The summed E-state index contributed by atoms with van der Waals surface area (Å²) in [6, 6.07) is 0. The van der Waals surface area contributed by atoms with Gasteiger partial charge in [-0.1, -0.05) is 38.0 Å². The number of carbonyl (C=O) groups excluding carboxylic acids is 1. The van der Waals surface area contributed by atoms with Gasteiger partial charge in [0.15, 0.2) is 5.60 Å². The maximum atomic E-state index is 11.8. The van der Waals surface area contributed by atoms with E-state index in [1.54, 1.807) is 6.08 Å². The van der Waals surface area contributed by atoms with Crippen molar-refractivity contribution in [1.82, 2.24) is 0 Å². The average Bonchev–Trinajstić information content (AvgIpc) is 2.26. The Morgan fingerprint density at radius 1 is 1.62 bits per heavy atom. The summed E-state index contributed by atoms with van der Waals surface area (Å²) < 4.78 is 5.08. The monoisotopic (exact) mass is 224 g/mol. The molecule has 0 fully saturated rings. The number of ether oxygens (including phenoxy) is 1.